The summed E-state index contributed by atoms with van der Waals surface area (Å²) >= 11 is 1.50. The van der Waals surface area contributed by atoms with Crippen LogP contribution in [0.2, 0.25) is 0 Å². The Morgan fingerprint density at radius 2 is 2.33 bits per heavy atom. The summed E-state index contributed by atoms with van der Waals surface area (Å²) in [7, 11) is 1.85. The first kappa shape index (κ1) is 9.94. The molecule has 78 valence electrons. The number of hydrogen-bond donors (Lipinski definition) is 2. The Morgan fingerprint density at radius 3 is 3.00 bits per heavy atom. The van der Waals surface area contributed by atoms with Gasteiger partial charge < -0.3 is 5.43 Å². The Bertz CT molecular complexity index is 454. The quantitative estimate of drug-likeness (QED) is 0.586. The molecule has 0 fully saturated rings. The zero-order valence-corrected chi connectivity index (χ0v) is 8.90. The van der Waals surface area contributed by atoms with Crippen LogP contribution in [0.25, 0.3) is 0 Å². The van der Waals surface area contributed by atoms with Crippen LogP contribution in [0.15, 0.2) is 34.7 Å². The molecule has 0 saturated carbocycles. The Labute approximate surface area is 90.9 Å². The Balaban J connectivity index is 2.21. The highest BCUT2D eigenvalue weighted by atomic mass is 32.2. The van der Waals surface area contributed by atoms with Gasteiger partial charge >= 0.3 is 0 Å². The number of hydrogen-bond acceptors (Lipinski definition) is 6. The highest BCUT2D eigenvalue weighted by molar-refractivity contribution is 7.99. The molecule has 0 saturated heterocycles. The minimum atomic E-state index is 0.627. The summed E-state index contributed by atoms with van der Waals surface area (Å²) in [4.78, 5) is 9.13. The highest BCUT2D eigenvalue weighted by Gasteiger charge is 2.03. The lowest BCUT2D eigenvalue weighted by Crippen LogP contribution is -2.08. The maximum Gasteiger partial charge on any atom is 0.190 e. The first-order valence-electron chi connectivity index (χ1n) is 4.24. The van der Waals surface area contributed by atoms with E-state index in [9.17, 15) is 0 Å². The smallest absolute Gasteiger partial charge is 0.190 e. The fourth-order valence-electron chi connectivity index (χ4n) is 1.04. The number of hydrazine groups is 1. The number of aryl methyl sites for hydroxylation is 1. The minimum Gasteiger partial charge on any atom is -0.308 e. The molecule has 0 aliphatic carbocycles. The monoisotopic (exact) mass is 222 g/mol. The summed E-state index contributed by atoms with van der Waals surface area (Å²) in [6.07, 6.45) is 3.21. The van der Waals surface area contributed by atoms with Gasteiger partial charge in [0, 0.05) is 18.1 Å². The molecule has 6 nitrogen and oxygen atoms in total. The third kappa shape index (κ3) is 2.25. The van der Waals surface area contributed by atoms with Crippen molar-refractivity contribution < 1.29 is 0 Å². The van der Waals surface area contributed by atoms with E-state index in [-0.39, 0.29) is 0 Å². The van der Waals surface area contributed by atoms with Gasteiger partial charge in [-0.05, 0) is 23.9 Å². The standard InChI is InChI=1S/C8H10N6S/c1-14-8(11-5-12-14)15-6-2-3-10-7(4-6)13-9/h2-5H,9H2,1H3,(H,10,13). The van der Waals surface area contributed by atoms with Crippen LogP contribution in [0.1, 0.15) is 0 Å². The van der Waals surface area contributed by atoms with E-state index in [1.807, 2.05) is 19.2 Å². The maximum atomic E-state index is 5.27. The zero-order chi connectivity index (χ0) is 10.7. The molecule has 0 aromatic carbocycles. The van der Waals surface area contributed by atoms with E-state index in [0.717, 1.165) is 10.1 Å². The van der Waals surface area contributed by atoms with Gasteiger partial charge in [0.05, 0.1) is 0 Å². The number of pyridine rings is 1. The SMILES string of the molecule is Cn1ncnc1Sc1ccnc(NN)c1. The van der Waals surface area contributed by atoms with Gasteiger partial charge in [-0.15, -0.1) is 0 Å². The lowest BCUT2D eigenvalue weighted by molar-refractivity contribution is 0.685. The van der Waals surface area contributed by atoms with E-state index in [1.54, 1.807) is 10.9 Å². The molecule has 15 heavy (non-hydrogen) atoms. The minimum absolute atomic E-state index is 0.627. The van der Waals surface area contributed by atoms with E-state index in [0.29, 0.717) is 5.82 Å². The first-order chi connectivity index (χ1) is 7.29. The van der Waals surface area contributed by atoms with Crippen molar-refractivity contribution in [3.05, 3.63) is 24.7 Å². The van der Waals surface area contributed by atoms with Gasteiger partial charge in [0.15, 0.2) is 5.16 Å². The van der Waals surface area contributed by atoms with E-state index < -0.39 is 0 Å². The molecular weight excluding hydrogens is 212 g/mol. The molecule has 2 aromatic rings. The van der Waals surface area contributed by atoms with E-state index >= 15 is 0 Å². The highest BCUT2D eigenvalue weighted by Crippen LogP contribution is 2.25. The molecule has 2 heterocycles. The van der Waals surface area contributed by atoms with Crippen LogP contribution in [0.5, 0.6) is 0 Å². The fraction of sp³-hybridized carbons (Fsp3) is 0.125. The number of nitrogens with zero attached hydrogens (tertiary/aromatic N) is 4. The molecule has 0 bridgehead atoms. The maximum absolute atomic E-state index is 5.27. The lowest BCUT2D eigenvalue weighted by atomic mass is 10.5. The average Bonchev–Trinajstić information content (AvgIpc) is 2.65. The predicted octanol–water partition coefficient (Wildman–Crippen LogP) is 0.647. The Kier molecular flexibility index (Phi) is 2.84. The number of nitrogens with two attached hydrogens (primary N) is 1. The van der Waals surface area contributed by atoms with Crippen LogP contribution >= 0.6 is 11.8 Å². The van der Waals surface area contributed by atoms with Crippen molar-refractivity contribution in [2.45, 2.75) is 10.1 Å². The molecule has 0 amide bonds. The average molecular weight is 222 g/mol. The molecule has 2 rings (SSSR count). The summed E-state index contributed by atoms with van der Waals surface area (Å²) in [6.45, 7) is 0. The van der Waals surface area contributed by atoms with Gasteiger partial charge in [-0.1, -0.05) is 0 Å². The van der Waals surface area contributed by atoms with Gasteiger partial charge in [-0.25, -0.2) is 20.5 Å². The molecular formula is C8H10N6S. The topological polar surface area (TPSA) is 81.7 Å². The fourth-order valence-corrected chi connectivity index (χ4v) is 1.83. The van der Waals surface area contributed by atoms with E-state index in [4.69, 9.17) is 5.84 Å². The summed E-state index contributed by atoms with van der Waals surface area (Å²) < 4.78 is 1.71. The number of nitrogen functional groups attached to an aromatic ring is 1. The number of nitrogens with one attached hydrogen (secondary N) is 1. The lowest BCUT2D eigenvalue weighted by Gasteiger charge is -2.02. The molecule has 7 heteroatoms. The van der Waals surface area contributed by atoms with Gasteiger partial charge in [0.25, 0.3) is 0 Å². The van der Waals surface area contributed by atoms with Crippen molar-refractivity contribution in [3.63, 3.8) is 0 Å². The van der Waals surface area contributed by atoms with Gasteiger partial charge in [0.2, 0.25) is 0 Å². The van der Waals surface area contributed by atoms with Crippen LogP contribution < -0.4 is 11.3 Å². The normalized spacial score (nSPS) is 10.3. The molecule has 0 aliphatic heterocycles. The van der Waals surface area contributed by atoms with Crippen molar-refractivity contribution in [1.82, 2.24) is 19.7 Å². The van der Waals surface area contributed by atoms with Crippen LogP contribution in [-0.2, 0) is 7.05 Å². The number of rotatable bonds is 3. The van der Waals surface area contributed by atoms with Gasteiger partial charge in [-0.2, -0.15) is 5.10 Å². The number of aromatic nitrogens is 4. The van der Waals surface area contributed by atoms with Crippen molar-refractivity contribution >= 4 is 17.6 Å². The Hall–Kier alpha value is -1.60. The van der Waals surface area contributed by atoms with Crippen molar-refractivity contribution in [1.29, 1.82) is 0 Å². The summed E-state index contributed by atoms with van der Waals surface area (Å²) in [5.74, 6) is 5.89. The molecule has 2 aromatic heterocycles. The van der Waals surface area contributed by atoms with E-state index in [1.165, 1.54) is 18.1 Å². The summed E-state index contributed by atoms with van der Waals surface area (Å²) in [6, 6.07) is 3.74. The second-order valence-electron chi connectivity index (χ2n) is 2.79. The molecule has 0 unspecified atom stereocenters. The van der Waals surface area contributed by atoms with Crippen LogP contribution in [-0.4, -0.2) is 19.7 Å². The van der Waals surface area contributed by atoms with Crippen LogP contribution in [0.4, 0.5) is 5.82 Å². The second-order valence-corrected chi connectivity index (χ2v) is 3.83. The zero-order valence-electron chi connectivity index (χ0n) is 8.08. The van der Waals surface area contributed by atoms with Crippen molar-refractivity contribution in [2.75, 3.05) is 5.43 Å². The molecule has 0 radical (unpaired) electrons. The summed E-state index contributed by atoms with van der Waals surface area (Å²) in [5, 5.41) is 4.81. The Morgan fingerprint density at radius 1 is 1.47 bits per heavy atom. The molecule has 0 atom stereocenters. The third-order valence-corrected chi connectivity index (χ3v) is 2.80. The largest absolute Gasteiger partial charge is 0.308 e. The number of anilines is 1. The van der Waals surface area contributed by atoms with Crippen molar-refractivity contribution in [3.8, 4) is 0 Å². The van der Waals surface area contributed by atoms with Crippen LogP contribution in [0.3, 0.4) is 0 Å². The molecule has 0 spiro atoms. The van der Waals surface area contributed by atoms with Gasteiger partial charge in [0.1, 0.15) is 12.1 Å². The third-order valence-electron chi connectivity index (χ3n) is 1.76. The van der Waals surface area contributed by atoms with Gasteiger partial charge in [-0.3, -0.25) is 0 Å². The second kappa shape index (κ2) is 4.28. The van der Waals surface area contributed by atoms with E-state index in [2.05, 4.69) is 20.5 Å². The molecule has 0 aliphatic rings. The first-order valence-corrected chi connectivity index (χ1v) is 5.06. The summed E-state index contributed by atoms with van der Waals surface area (Å²) in [5.41, 5.74) is 2.49. The predicted molar refractivity (Wildman–Crippen MR) is 57.2 cm³/mol. The van der Waals surface area contributed by atoms with Crippen molar-refractivity contribution in [2.24, 2.45) is 12.9 Å². The molecule has 3 N–H and O–H groups in total. The van der Waals surface area contributed by atoms with Crippen LogP contribution in [0, 0.1) is 0 Å².